The van der Waals surface area contributed by atoms with Gasteiger partial charge < -0.3 is 20.8 Å². The summed E-state index contributed by atoms with van der Waals surface area (Å²) >= 11 is 0. The summed E-state index contributed by atoms with van der Waals surface area (Å²) in [6.45, 7) is 0. The lowest BCUT2D eigenvalue weighted by Gasteiger charge is -2.64. The molecule has 5 aliphatic carbocycles. The number of nitrogens with zero attached hydrogens (tertiary/aromatic N) is 2. The van der Waals surface area contributed by atoms with Crippen LogP contribution in [-0.4, -0.2) is 56.2 Å². The van der Waals surface area contributed by atoms with Gasteiger partial charge in [-0.25, -0.2) is 0 Å². The van der Waals surface area contributed by atoms with E-state index in [4.69, 9.17) is 10.7 Å². The van der Waals surface area contributed by atoms with Crippen molar-refractivity contribution in [2.75, 3.05) is 0 Å². The van der Waals surface area contributed by atoms with Crippen LogP contribution in [0.3, 0.4) is 0 Å². The van der Waals surface area contributed by atoms with E-state index in [1.165, 1.54) is 0 Å². The molecular weight excluding hydrogens is 306 g/mol. The molecule has 5 saturated carbocycles. The third kappa shape index (κ3) is 1.59. The Morgan fingerprint density at radius 1 is 1.08 bits per heavy atom. The molecule has 0 aromatic heterocycles. The number of piperidine rings is 1. The third-order valence-electron chi connectivity index (χ3n) is 7.85. The Morgan fingerprint density at radius 2 is 1.79 bits per heavy atom. The molecule has 0 radical (unpaired) electrons. The molecule has 2 heterocycles. The summed E-state index contributed by atoms with van der Waals surface area (Å²) in [7, 11) is 0. The van der Waals surface area contributed by atoms with Crippen LogP contribution in [0.5, 0.6) is 0 Å². The van der Waals surface area contributed by atoms with Crippen LogP contribution in [0.15, 0.2) is 4.99 Å². The Bertz CT molecular complexity index is 673. The predicted octanol–water partition coefficient (Wildman–Crippen LogP) is 0.161. The number of carbonyl (C=O) groups excluding carboxylic acids is 1. The van der Waals surface area contributed by atoms with Crippen molar-refractivity contribution < 1.29 is 15.0 Å². The molecule has 24 heavy (non-hydrogen) atoms. The normalized spacial score (nSPS) is 60.1. The average molecular weight is 331 g/mol. The number of hydrogen-bond acceptors (Lipinski definition) is 5. The van der Waals surface area contributed by atoms with E-state index in [0.717, 1.165) is 32.1 Å². The summed E-state index contributed by atoms with van der Waals surface area (Å²) in [6, 6.07) is -0.147. The summed E-state index contributed by atoms with van der Waals surface area (Å²) in [6.07, 6.45) is 6.08. The van der Waals surface area contributed by atoms with E-state index in [2.05, 4.69) is 0 Å². The van der Waals surface area contributed by atoms with Crippen LogP contribution in [0, 0.1) is 17.3 Å². The molecule has 0 spiro atoms. The van der Waals surface area contributed by atoms with Gasteiger partial charge in [-0.3, -0.25) is 9.79 Å². The molecule has 6 nitrogen and oxygen atoms in total. The van der Waals surface area contributed by atoms with Gasteiger partial charge in [0.15, 0.2) is 0 Å². The van der Waals surface area contributed by atoms with Crippen LogP contribution < -0.4 is 5.73 Å². The first-order chi connectivity index (χ1) is 11.3. The molecule has 6 unspecified atom stereocenters. The SMILES string of the molecule is NC1=NC(C23CC4CC(O)(CC(O)(C4)C2)C3)C(=O)N2C1CC1CC12. The molecule has 0 aromatic rings. The second kappa shape index (κ2) is 3.83. The van der Waals surface area contributed by atoms with Gasteiger partial charge in [-0.15, -0.1) is 0 Å². The molecule has 4 bridgehead atoms. The lowest BCUT2D eigenvalue weighted by Crippen LogP contribution is -2.68. The van der Waals surface area contributed by atoms with E-state index in [9.17, 15) is 15.0 Å². The van der Waals surface area contributed by atoms with Crippen molar-refractivity contribution in [1.82, 2.24) is 4.90 Å². The highest BCUT2D eigenvalue weighted by atomic mass is 16.3. The Balaban J connectivity index is 1.43. The molecule has 1 amide bonds. The second-order valence-corrected chi connectivity index (χ2v) is 9.84. The molecule has 1 saturated heterocycles. The maximum atomic E-state index is 13.3. The number of amides is 1. The van der Waals surface area contributed by atoms with E-state index in [1.54, 1.807) is 0 Å². The Morgan fingerprint density at radius 3 is 2.46 bits per heavy atom. The molecule has 7 rings (SSSR count). The predicted molar refractivity (Wildman–Crippen MR) is 86.1 cm³/mol. The molecular formula is C18H25N3O3. The summed E-state index contributed by atoms with van der Waals surface area (Å²) in [5.74, 6) is 1.61. The first-order valence-corrected chi connectivity index (χ1v) is 9.40. The van der Waals surface area contributed by atoms with Crippen LogP contribution in [0.4, 0.5) is 0 Å². The number of aliphatic hydroxyl groups is 2. The molecule has 0 aromatic carbocycles. The van der Waals surface area contributed by atoms with Crippen molar-refractivity contribution in [2.45, 2.75) is 80.7 Å². The summed E-state index contributed by atoms with van der Waals surface area (Å²) in [5.41, 5.74) is 4.20. The summed E-state index contributed by atoms with van der Waals surface area (Å²) in [5, 5.41) is 22.0. The maximum absolute atomic E-state index is 13.3. The lowest BCUT2D eigenvalue weighted by atomic mass is 9.44. The fraction of sp³-hybridized carbons (Fsp3) is 0.889. The zero-order chi connectivity index (χ0) is 16.5. The Hall–Kier alpha value is -1.14. The van der Waals surface area contributed by atoms with Gasteiger partial charge in [0.05, 0.1) is 17.2 Å². The smallest absolute Gasteiger partial charge is 0.248 e. The molecule has 6 fully saturated rings. The van der Waals surface area contributed by atoms with Crippen LogP contribution in [0.1, 0.15) is 51.4 Å². The number of carbonyl (C=O) groups is 1. The maximum Gasteiger partial charge on any atom is 0.248 e. The molecule has 4 N–H and O–H groups in total. The van der Waals surface area contributed by atoms with E-state index in [1.807, 2.05) is 4.90 Å². The second-order valence-electron chi connectivity index (χ2n) is 9.84. The van der Waals surface area contributed by atoms with Gasteiger partial charge in [-0.05, 0) is 56.8 Å². The van der Waals surface area contributed by atoms with E-state index in [0.29, 0.717) is 43.0 Å². The number of fused-ring (bicyclic) bond motifs is 3. The number of rotatable bonds is 1. The molecule has 2 aliphatic heterocycles. The molecule has 130 valence electrons. The van der Waals surface area contributed by atoms with Crippen molar-refractivity contribution in [1.29, 1.82) is 0 Å². The number of aliphatic imine (C=N–C) groups is 1. The number of amidine groups is 1. The van der Waals surface area contributed by atoms with Crippen molar-refractivity contribution >= 4 is 11.7 Å². The molecule has 7 aliphatic rings. The first kappa shape index (κ1) is 14.1. The van der Waals surface area contributed by atoms with Crippen LogP contribution in [-0.2, 0) is 4.79 Å². The average Bonchev–Trinajstić information content (AvgIpc) is 3.09. The highest BCUT2D eigenvalue weighted by Crippen LogP contribution is 2.65. The van der Waals surface area contributed by atoms with Gasteiger partial charge in [-0.2, -0.15) is 0 Å². The Kier molecular flexibility index (Phi) is 2.24. The van der Waals surface area contributed by atoms with Gasteiger partial charge in [0.25, 0.3) is 0 Å². The van der Waals surface area contributed by atoms with Gasteiger partial charge >= 0.3 is 0 Å². The Labute approximate surface area is 141 Å². The van der Waals surface area contributed by atoms with E-state index >= 15 is 0 Å². The highest BCUT2D eigenvalue weighted by Gasteiger charge is 2.68. The van der Waals surface area contributed by atoms with Gasteiger partial charge in [0, 0.05) is 17.9 Å². The topological polar surface area (TPSA) is 99.1 Å². The summed E-state index contributed by atoms with van der Waals surface area (Å²) in [4.78, 5) is 20.0. The zero-order valence-electron chi connectivity index (χ0n) is 13.8. The van der Waals surface area contributed by atoms with Crippen LogP contribution in [0.25, 0.3) is 0 Å². The molecule has 6 atom stereocenters. The number of hydrogen-bond donors (Lipinski definition) is 3. The monoisotopic (exact) mass is 331 g/mol. The van der Waals surface area contributed by atoms with E-state index < -0.39 is 22.7 Å². The zero-order valence-corrected chi connectivity index (χ0v) is 13.8. The fourth-order valence-corrected chi connectivity index (χ4v) is 7.58. The van der Waals surface area contributed by atoms with Gasteiger partial charge in [0.2, 0.25) is 5.91 Å². The standard InChI is InChI=1S/C18H25N3O3/c19-14-12-2-10-1-11(10)21(12)15(22)13(20-14)16-3-9-4-17(23,6-16)8-18(24,5-9)7-16/h9-13,23-24H,1-8H2,(H2,19,20). The van der Waals surface area contributed by atoms with Crippen LogP contribution >= 0.6 is 0 Å². The lowest BCUT2D eigenvalue weighted by molar-refractivity contribution is -0.234. The van der Waals surface area contributed by atoms with E-state index in [-0.39, 0.29) is 11.9 Å². The van der Waals surface area contributed by atoms with Crippen molar-refractivity contribution in [3.05, 3.63) is 0 Å². The minimum Gasteiger partial charge on any atom is -0.390 e. The minimum atomic E-state index is -0.831. The van der Waals surface area contributed by atoms with Gasteiger partial charge in [0.1, 0.15) is 11.9 Å². The number of nitrogens with two attached hydrogens (primary N) is 1. The van der Waals surface area contributed by atoms with Crippen molar-refractivity contribution in [3.63, 3.8) is 0 Å². The third-order valence-corrected chi connectivity index (χ3v) is 7.85. The van der Waals surface area contributed by atoms with Gasteiger partial charge in [-0.1, -0.05) is 0 Å². The summed E-state index contributed by atoms with van der Waals surface area (Å²) < 4.78 is 0. The fourth-order valence-electron chi connectivity index (χ4n) is 7.58. The minimum absolute atomic E-state index is 0.00224. The van der Waals surface area contributed by atoms with Crippen LogP contribution in [0.2, 0.25) is 0 Å². The van der Waals surface area contributed by atoms with Crippen molar-refractivity contribution in [2.24, 2.45) is 28.0 Å². The quantitative estimate of drug-likeness (QED) is 0.637. The first-order valence-electron chi connectivity index (χ1n) is 9.40. The molecule has 6 heteroatoms. The highest BCUT2D eigenvalue weighted by molar-refractivity contribution is 5.99. The van der Waals surface area contributed by atoms with Crippen molar-refractivity contribution in [3.8, 4) is 0 Å². The largest absolute Gasteiger partial charge is 0.390 e.